The maximum atomic E-state index is 13.3. The van der Waals surface area contributed by atoms with Crippen molar-refractivity contribution in [2.24, 2.45) is 5.73 Å². The fourth-order valence-electron chi connectivity index (χ4n) is 2.49. The number of nitrogens with zero attached hydrogens (tertiary/aromatic N) is 2. The first-order valence-electron chi connectivity index (χ1n) is 8.05. The van der Waals surface area contributed by atoms with Gasteiger partial charge in [0.15, 0.2) is 0 Å². The Morgan fingerprint density at radius 1 is 1.00 bits per heavy atom. The van der Waals surface area contributed by atoms with Crippen LogP contribution in [-0.2, 0) is 12.8 Å². The molecule has 0 fully saturated rings. The van der Waals surface area contributed by atoms with Gasteiger partial charge in [0.25, 0.3) is 5.91 Å². The summed E-state index contributed by atoms with van der Waals surface area (Å²) in [6.07, 6.45) is -2.52. The molecular formula is C19H12F5N3O2. The number of nitrogens with two attached hydrogens (primary N) is 1. The highest BCUT2D eigenvalue weighted by atomic mass is 19.4. The third-order valence-electron chi connectivity index (χ3n) is 3.80. The number of pyridine rings is 2. The molecule has 29 heavy (non-hydrogen) atoms. The number of carbonyl (C=O) groups is 1. The lowest BCUT2D eigenvalue weighted by molar-refractivity contribution is -0.141. The summed E-state index contributed by atoms with van der Waals surface area (Å²) >= 11 is 0. The lowest BCUT2D eigenvalue weighted by atomic mass is 10.1. The molecule has 1 amide bonds. The Bertz CT molecular complexity index is 1030. The zero-order valence-electron chi connectivity index (χ0n) is 14.5. The highest BCUT2D eigenvalue weighted by Gasteiger charge is 2.32. The Labute approximate surface area is 161 Å². The summed E-state index contributed by atoms with van der Waals surface area (Å²) in [6, 6.07) is 5.97. The van der Waals surface area contributed by atoms with Crippen LogP contribution in [-0.4, -0.2) is 15.9 Å². The number of hydrogen-bond acceptors (Lipinski definition) is 4. The highest BCUT2D eigenvalue weighted by Crippen LogP contribution is 2.33. The van der Waals surface area contributed by atoms with Gasteiger partial charge in [0.05, 0.1) is 6.20 Å². The fourth-order valence-corrected chi connectivity index (χ4v) is 2.49. The highest BCUT2D eigenvalue weighted by molar-refractivity contribution is 5.92. The summed E-state index contributed by atoms with van der Waals surface area (Å²) in [4.78, 5) is 18.6. The van der Waals surface area contributed by atoms with E-state index in [9.17, 15) is 26.7 Å². The number of alkyl halides is 3. The Hall–Kier alpha value is -3.56. The Kier molecular flexibility index (Phi) is 5.44. The van der Waals surface area contributed by atoms with Crippen LogP contribution in [0.25, 0.3) is 11.1 Å². The second kappa shape index (κ2) is 7.82. The van der Waals surface area contributed by atoms with E-state index in [1.807, 2.05) is 0 Å². The summed E-state index contributed by atoms with van der Waals surface area (Å²) in [6.45, 7) is -0.257. The number of rotatable bonds is 5. The van der Waals surface area contributed by atoms with Crippen LogP contribution in [0, 0.1) is 11.6 Å². The maximum Gasteiger partial charge on any atom is 0.433 e. The average molecular weight is 409 g/mol. The molecule has 2 aromatic heterocycles. The van der Waals surface area contributed by atoms with Crippen molar-refractivity contribution in [3.05, 3.63) is 77.4 Å². The minimum atomic E-state index is -4.62. The average Bonchev–Trinajstić information content (AvgIpc) is 2.65. The smallest absolute Gasteiger partial charge is 0.433 e. The first-order chi connectivity index (χ1) is 13.6. The molecule has 0 radical (unpaired) electrons. The molecule has 0 aliphatic carbocycles. The molecule has 150 valence electrons. The quantitative estimate of drug-likeness (QED) is 0.643. The molecule has 0 unspecified atom stereocenters. The monoisotopic (exact) mass is 409 g/mol. The van der Waals surface area contributed by atoms with Gasteiger partial charge in [0.1, 0.15) is 35.4 Å². The summed E-state index contributed by atoms with van der Waals surface area (Å²) in [5.41, 5.74) is 4.52. The molecule has 3 aromatic rings. The van der Waals surface area contributed by atoms with Crippen molar-refractivity contribution in [3.8, 4) is 16.9 Å². The zero-order valence-corrected chi connectivity index (χ0v) is 14.5. The van der Waals surface area contributed by atoms with Gasteiger partial charge in [-0.1, -0.05) is 6.07 Å². The van der Waals surface area contributed by atoms with Gasteiger partial charge in [-0.2, -0.15) is 13.2 Å². The first kappa shape index (κ1) is 20.2. The summed E-state index contributed by atoms with van der Waals surface area (Å²) in [7, 11) is 0. The van der Waals surface area contributed by atoms with Crippen LogP contribution in [0.5, 0.6) is 5.75 Å². The number of amides is 1. The second-order valence-electron chi connectivity index (χ2n) is 5.93. The molecule has 3 rings (SSSR count). The zero-order chi connectivity index (χ0) is 21.2. The minimum Gasteiger partial charge on any atom is -0.487 e. The van der Waals surface area contributed by atoms with E-state index in [1.165, 1.54) is 6.07 Å². The molecule has 0 saturated heterocycles. The van der Waals surface area contributed by atoms with Crippen LogP contribution in [0.15, 0.2) is 48.8 Å². The maximum absolute atomic E-state index is 13.3. The van der Waals surface area contributed by atoms with Crippen LogP contribution in [0.1, 0.15) is 21.7 Å². The lowest BCUT2D eigenvalue weighted by Gasteiger charge is -2.13. The number of ether oxygens (including phenoxy) is 1. The molecular weight excluding hydrogens is 397 g/mol. The van der Waals surface area contributed by atoms with Crippen LogP contribution in [0.3, 0.4) is 0 Å². The molecule has 0 aliphatic rings. The minimum absolute atomic E-state index is 0.0567. The van der Waals surface area contributed by atoms with E-state index in [-0.39, 0.29) is 34.7 Å². The third-order valence-corrected chi connectivity index (χ3v) is 3.80. The largest absolute Gasteiger partial charge is 0.487 e. The second-order valence-corrected chi connectivity index (χ2v) is 5.93. The van der Waals surface area contributed by atoms with Crippen molar-refractivity contribution in [2.45, 2.75) is 12.8 Å². The Morgan fingerprint density at radius 2 is 1.69 bits per heavy atom. The van der Waals surface area contributed by atoms with E-state index in [4.69, 9.17) is 10.5 Å². The van der Waals surface area contributed by atoms with E-state index in [0.717, 1.165) is 36.7 Å². The predicted molar refractivity (Wildman–Crippen MR) is 91.7 cm³/mol. The van der Waals surface area contributed by atoms with Gasteiger partial charge in [-0.25, -0.2) is 13.8 Å². The van der Waals surface area contributed by atoms with Crippen LogP contribution in [0.2, 0.25) is 0 Å². The van der Waals surface area contributed by atoms with Gasteiger partial charge < -0.3 is 10.5 Å². The van der Waals surface area contributed by atoms with Gasteiger partial charge in [-0.3, -0.25) is 9.78 Å². The van der Waals surface area contributed by atoms with Crippen molar-refractivity contribution >= 4 is 5.91 Å². The van der Waals surface area contributed by atoms with Crippen molar-refractivity contribution in [3.63, 3.8) is 0 Å². The van der Waals surface area contributed by atoms with Gasteiger partial charge in [-0.15, -0.1) is 0 Å². The van der Waals surface area contributed by atoms with E-state index in [1.54, 1.807) is 0 Å². The SMILES string of the molecule is NC(=O)c1cc(-c2ccc(C(F)(F)F)nc2)c(OCc2cc(F)cc(F)c2)cn1. The topological polar surface area (TPSA) is 78.1 Å². The predicted octanol–water partition coefficient (Wildman–Crippen LogP) is 4.12. The van der Waals surface area contributed by atoms with E-state index >= 15 is 0 Å². The first-order valence-corrected chi connectivity index (χ1v) is 8.05. The van der Waals surface area contributed by atoms with E-state index in [2.05, 4.69) is 9.97 Å². The molecule has 2 N–H and O–H groups in total. The van der Waals surface area contributed by atoms with E-state index < -0.39 is 29.4 Å². The number of aromatic nitrogens is 2. The van der Waals surface area contributed by atoms with Crippen LogP contribution < -0.4 is 10.5 Å². The summed E-state index contributed by atoms with van der Waals surface area (Å²) in [5, 5.41) is 0. The van der Waals surface area contributed by atoms with Crippen LogP contribution >= 0.6 is 0 Å². The summed E-state index contributed by atoms with van der Waals surface area (Å²) in [5.74, 6) is -2.39. The molecule has 0 saturated carbocycles. The van der Waals surface area contributed by atoms with Crippen molar-refractivity contribution in [1.29, 1.82) is 0 Å². The normalized spacial score (nSPS) is 11.3. The molecule has 2 heterocycles. The van der Waals surface area contributed by atoms with Crippen LogP contribution in [0.4, 0.5) is 22.0 Å². The van der Waals surface area contributed by atoms with Crippen molar-refractivity contribution in [1.82, 2.24) is 9.97 Å². The molecule has 5 nitrogen and oxygen atoms in total. The van der Waals surface area contributed by atoms with Crippen molar-refractivity contribution in [2.75, 3.05) is 0 Å². The van der Waals surface area contributed by atoms with Gasteiger partial charge in [-0.05, 0) is 29.8 Å². The number of hydrogen-bond donors (Lipinski definition) is 1. The van der Waals surface area contributed by atoms with Gasteiger partial charge in [0, 0.05) is 23.4 Å². The summed E-state index contributed by atoms with van der Waals surface area (Å²) < 4.78 is 70.3. The third kappa shape index (κ3) is 4.84. The standard InChI is InChI=1S/C19H12F5N3O2/c20-12-3-10(4-13(21)5-12)9-29-16-8-26-15(18(25)28)6-14(16)11-1-2-17(27-7-11)19(22,23)24/h1-8H,9H2,(H2,25,28). The molecule has 0 bridgehead atoms. The molecule has 0 spiro atoms. The van der Waals surface area contributed by atoms with Crippen molar-refractivity contribution < 1.29 is 31.5 Å². The lowest BCUT2D eigenvalue weighted by Crippen LogP contribution is -2.13. The molecule has 1 aromatic carbocycles. The Balaban J connectivity index is 1.96. The molecule has 10 heteroatoms. The number of halogens is 5. The number of primary amides is 1. The Morgan fingerprint density at radius 3 is 2.24 bits per heavy atom. The van der Waals surface area contributed by atoms with E-state index in [0.29, 0.717) is 6.07 Å². The molecule has 0 atom stereocenters. The number of carbonyl (C=O) groups excluding carboxylic acids is 1. The fraction of sp³-hybridized carbons (Fsp3) is 0.105. The van der Waals surface area contributed by atoms with Gasteiger partial charge >= 0.3 is 6.18 Å². The number of benzene rings is 1. The van der Waals surface area contributed by atoms with Gasteiger partial charge in [0.2, 0.25) is 0 Å². The molecule has 0 aliphatic heterocycles.